The Morgan fingerprint density at radius 2 is 1.77 bits per heavy atom. The number of thiocarbonyl (C=S) groups is 1. The fraction of sp³-hybridized carbons (Fsp3) is 0.250. The van der Waals surface area contributed by atoms with Crippen molar-refractivity contribution in [1.82, 2.24) is 9.88 Å². The average molecular weight is 438 g/mol. The number of anilines is 1. The zero-order valence-corrected chi connectivity index (χ0v) is 19.0. The van der Waals surface area contributed by atoms with E-state index in [4.69, 9.17) is 26.4 Å². The second-order valence-corrected chi connectivity index (χ2v) is 7.42. The number of aryl methyl sites for hydroxylation is 1. The van der Waals surface area contributed by atoms with Gasteiger partial charge in [0.05, 0.1) is 27.0 Å². The summed E-state index contributed by atoms with van der Waals surface area (Å²) in [7, 11) is 4.94. The highest BCUT2D eigenvalue weighted by Gasteiger charge is 2.16. The Hall–Kier alpha value is -3.32. The molecule has 0 fully saturated rings. The molecule has 7 heteroatoms. The summed E-state index contributed by atoms with van der Waals surface area (Å²) in [5, 5.41) is 3.91. The summed E-state index contributed by atoms with van der Waals surface area (Å²) in [6.45, 7) is 3.15. The molecule has 0 bridgehead atoms. The molecule has 0 unspecified atom stereocenters. The Labute approximate surface area is 188 Å². The highest BCUT2D eigenvalue weighted by molar-refractivity contribution is 7.80. The highest BCUT2D eigenvalue weighted by atomic mass is 32.1. The summed E-state index contributed by atoms with van der Waals surface area (Å²) in [5.74, 6) is 2.22. The molecular formula is C24H27N3O3S. The number of methoxy groups -OCH3 is 3. The van der Waals surface area contributed by atoms with Crippen LogP contribution in [0, 0.1) is 6.92 Å². The predicted molar refractivity (Wildman–Crippen MR) is 127 cm³/mol. The van der Waals surface area contributed by atoms with Gasteiger partial charge in [-0.15, -0.1) is 0 Å². The number of benzene rings is 2. The van der Waals surface area contributed by atoms with E-state index in [1.807, 2.05) is 61.7 Å². The summed E-state index contributed by atoms with van der Waals surface area (Å²) in [6.07, 6.45) is 3.60. The lowest BCUT2D eigenvalue weighted by molar-refractivity contribution is 0.370. The zero-order valence-electron chi connectivity index (χ0n) is 18.2. The van der Waals surface area contributed by atoms with E-state index in [9.17, 15) is 0 Å². The molecule has 0 saturated carbocycles. The first-order valence-corrected chi connectivity index (χ1v) is 10.2. The molecule has 0 atom stereocenters. The van der Waals surface area contributed by atoms with Crippen molar-refractivity contribution >= 4 is 23.0 Å². The third-order valence-corrected chi connectivity index (χ3v) is 5.20. The van der Waals surface area contributed by atoms with Gasteiger partial charge in [-0.25, -0.2) is 0 Å². The van der Waals surface area contributed by atoms with Crippen molar-refractivity contribution < 1.29 is 14.2 Å². The number of pyridine rings is 1. The van der Waals surface area contributed by atoms with E-state index >= 15 is 0 Å². The van der Waals surface area contributed by atoms with Crippen molar-refractivity contribution in [2.45, 2.75) is 20.0 Å². The lowest BCUT2D eigenvalue weighted by atomic mass is 10.1. The molecule has 2 aromatic carbocycles. The van der Waals surface area contributed by atoms with Gasteiger partial charge in [-0.1, -0.05) is 12.1 Å². The topological polar surface area (TPSA) is 55.9 Å². The minimum Gasteiger partial charge on any atom is -0.497 e. The van der Waals surface area contributed by atoms with Crippen LogP contribution in [0.5, 0.6) is 17.2 Å². The van der Waals surface area contributed by atoms with E-state index in [1.54, 1.807) is 27.5 Å². The molecule has 0 amide bonds. The fourth-order valence-electron chi connectivity index (χ4n) is 3.20. The summed E-state index contributed by atoms with van der Waals surface area (Å²) >= 11 is 5.80. The van der Waals surface area contributed by atoms with Gasteiger partial charge in [0.15, 0.2) is 5.11 Å². The zero-order chi connectivity index (χ0) is 22.2. The molecule has 31 heavy (non-hydrogen) atoms. The van der Waals surface area contributed by atoms with Crippen LogP contribution in [0.15, 0.2) is 60.9 Å². The summed E-state index contributed by atoms with van der Waals surface area (Å²) in [4.78, 5) is 6.30. The van der Waals surface area contributed by atoms with Crippen LogP contribution in [0.3, 0.4) is 0 Å². The van der Waals surface area contributed by atoms with Crippen molar-refractivity contribution in [3.63, 3.8) is 0 Å². The maximum atomic E-state index is 5.80. The van der Waals surface area contributed by atoms with E-state index < -0.39 is 0 Å². The lowest BCUT2D eigenvalue weighted by Crippen LogP contribution is -2.34. The van der Waals surface area contributed by atoms with Gasteiger partial charge in [-0.2, -0.15) is 0 Å². The third kappa shape index (κ3) is 5.86. The number of nitrogens with one attached hydrogen (secondary N) is 1. The summed E-state index contributed by atoms with van der Waals surface area (Å²) < 4.78 is 16.4. The van der Waals surface area contributed by atoms with Crippen molar-refractivity contribution in [2.24, 2.45) is 0 Å². The second-order valence-electron chi connectivity index (χ2n) is 7.03. The van der Waals surface area contributed by atoms with Crippen molar-refractivity contribution in [3.8, 4) is 17.2 Å². The molecule has 0 aliphatic heterocycles. The van der Waals surface area contributed by atoms with Gasteiger partial charge in [0.2, 0.25) is 0 Å². The number of hydrogen-bond donors (Lipinski definition) is 1. The van der Waals surface area contributed by atoms with Crippen molar-refractivity contribution in [2.75, 3.05) is 26.6 Å². The molecule has 0 saturated heterocycles. The van der Waals surface area contributed by atoms with E-state index in [-0.39, 0.29) is 0 Å². The Morgan fingerprint density at radius 3 is 2.45 bits per heavy atom. The molecule has 1 aromatic heterocycles. The normalized spacial score (nSPS) is 10.3. The maximum absolute atomic E-state index is 5.80. The second kappa shape index (κ2) is 10.6. The minimum absolute atomic E-state index is 0.544. The average Bonchev–Trinajstić information content (AvgIpc) is 2.80. The molecule has 6 nitrogen and oxygen atoms in total. The van der Waals surface area contributed by atoms with Gasteiger partial charge in [0, 0.05) is 37.1 Å². The van der Waals surface area contributed by atoms with Crippen molar-refractivity contribution in [3.05, 3.63) is 77.6 Å². The monoisotopic (exact) mass is 437 g/mol. The smallest absolute Gasteiger partial charge is 0.174 e. The van der Waals surface area contributed by atoms with Crippen LogP contribution in [0.25, 0.3) is 0 Å². The van der Waals surface area contributed by atoms with Crippen LogP contribution in [0.1, 0.15) is 16.7 Å². The van der Waals surface area contributed by atoms with Gasteiger partial charge in [-0.3, -0.25) is 4.98 Å². The third-order valence-electron chi connectivity index (χ3n) is 4.84. The number of ether oxygens (including phenoxy) is 3. The molecule has 3 aromatic rings. The Kier molecular flexibility index (Phi) is 7.67. The van der Waals surface area contributed by atoms with Crippen LogP contribution in [0.2, 0.25) is 0 Å². The molecule has 3 rings (SSSR count). The van der Waals surface area contributed by atoms with Crippen LogP contribution >= 0.6 is 12.2 Å². The Bertz CT molecular complexity index is 1030. The van der Waals surface area contributed by atoms with Crippen LogP contribution < -0.4 is 19.5 Å². The molecule has 0 aliphatic carbocycles. The van der Waals surface area contributed by atoms with E-state index in [1.165, 1.54) is 0 Å². The minimum atomic E-state index is 0.544. The van der Waals surface area contributed by atoms with Gasteiger partial charge >= 0.3 is 0 Å². The maximum Gasteiger partial charge on any atom is 0.174 e. The number of hydrogen-bond acceptors (Lipinski definition) is 5. The first kappa shape index (κ1) is 22.4. The van der Waals surface area contributed by atoms with E-state index in [2.05, 4.69) is 15.2 Å². The molecule has 0 spiro atoms. The van der Waals surface area contributed by atoms with Crippen LogP contribution in [0.4, 0.5) is 5.69 Å². The molecule has 0 radical (unpaired) electrons. The first-order chi connectivity index (χ1) is 15.0. The quantitative estimate of drug-likeness (QED) is 0.507. The van der Waals surface area contributed by atoms with Crippen LogP contribution in [-0.4, -0.2) is 36.3 Å². The van der Waals surface area contributed by atoms with Gasteiger partial charge in [-0.05, 0) is 60.6 Å². The Morgan fingerprint density at radius 1 is 0.968 bits per heavy atom. The molecule has 162 valence electrons. The predicted octanol–water partition coefficient (Wildman–Crippen LogP) is 4.82. The van der Waals surface area contributed by atoms with Gasteiger partial charge in [0.25, 0.3) is 0 Å². The van der Waals surface area contributed by atoms with Gasteiger partial charge in [0.1, 0.15) is 17.2 Å². The van der Waals surface area contributed by atoms with Crippen LogP contribution in [-0.2, 0) is 13.1 Å². The SMILES string of the molecule is COc1ccc(CN(Cc2cccnc2)C(=S)Nc2ccc(C)cc2OC)c(OC)c1. The fourth-order valence-corrected chi connectivity index (χ4v) is 3.43. The first-order valence-electron chi connectivity index (χ1n) is 9.84. The van der Waals surface area contributed by atoms with E-state index in [0.717, 1.165) is 39.6 Å². The molecular weight excluding hydrogens is 410 g/mol. The van der Waals surface area contributed by atoms with E-state index in [0.29, 0.717) is 18.2 Å². The largest absolute Gasteiger partial charge is 0.497 e. The molecule has 1 heterocycles. The number of rotatable bonds is 8. The standard InChI is InChI=1S/C24H27N3O3S/c1-17-7-10-21(23(12-17)30-4)26-24(31)27(15-18-6-5-11-25-14-18)16-19-8-9-20(28-2)13-22(19)29-3/h5-14H,15-16H2,1-4H3,(H,26,31). The van der Waals surface area contributed by atoms with Gasteiger partial charge < -0.3 is 24.4 Å². The number of aromatic nitrogens is 1. The Balaban J connectivity index is 1.88. The summed E-state index contributed by atoms with van der Waals surface area (Å²) in [6, 6.07) is 15.7. The highest BCUT2D eigenvalue weighted by Crippen LogP contribution is 2.28. The van der Waals surface area contributed by atoms with Crippen molar-refractivity contribution in [1.29, 1.82) is 0 Å². The lowest BCUT2D eigenvalue weighted by Gasteiger charge is -2.27. The number of nitrogens with zero attached hydrogens (tertiary/aromatic N) is 2. The molecule has 1 N–H and O–H groups in total. The summed E-state index contributed by atoms with van der Waals surface area (Å²) in [5.41, 5.74) is 3.97. The molecule has 0 aliphatic rings.